The van der Waals surface area contributed by atoms with Gasteiger partial charge in [0.1, 0.15) is 0 Å². The van der Waals surface area contributed by atoms with Gasteiger partial charge in [-0.2, -0.15) is 4.98 Å². The van der Waals surface area contributed by atoms with E-state index in [9.17, 15) is 4.79 Å². The van der Waals surface area contributed by atoms with Crippen molar-refractivity contribution in [3.05, 3.63) is 35.2 Å². The van der Waals surface area contributed by atoms with Crippen LogP contribution in [0.2, 0.25) is 5.02 Å². The fraction of sp³-hybridized carbons (Fsp3) is 0.526. The number of rotatable bonds is 6. The summed E-state index contributed by atoms with van der Waals surface area (Å²) in [5, 5.41) is 7.76. The summed E-state index contributed by atoms with van der Waals surface area (Å²) in [6.45, 7) is 7.28. The van der Waals surface area contributed by atoms with Gasteiger partial charge in [-0.25, -0.2) is 0 Å². The first-order valence-corrected chi connectivity index (χ1v) is 9.47. The van der Waals surface area contributed by atoms with Crippen LogP contribution in [-0.4, -0.2) is 40.6 Å². The second kappa shape index (κ2) is 8.64. The summed E-state index contributed by atoms with van der Waals surface area (Å²) in [6.07, 6.45) is 1.73. The molecule has 0 atom stereocenters. The summed E-state index contributed by atoms with van der Waals surface area (Å²) in [5.74, 6) is 1.93. The Balaban J connectivity index is 1.49. The molecule has 1 aromatic carbocycles. The van der Waals surface area contributed by atoms with Gasteiger partial charge >= 0.3 is 0 Å². The number of hydrogen-bond donors (Lipinski definition) is 1. The van der Waals surface area contributed by atoms with Crippen LogP contribution >= 0.6 is 11.6 Å². The van der Waals surface area contributed by atoms with E-state index in [1.807, 2.05) is 24.3 Å². The minimum atomic E-state index is 0.109. The lowest BCUT2D eigenvalue weighted by atomic mass is 9.95. The standard InChI is InChI=1S/C19H25ClN4O2/c1-13(2)11-21-19(25)15-7-9-24(10-8-15)12-17-22-18(23-26-17)14-3-5-16(20)6-4-14/h3-6,13,15H,7-12H2,1-2H3,(H,21,25). The van der Waals surface area contributed by atoms with E-state index in [0.29, 0.717) is 29.2 Å². The van der Waals surface area contributed by atoms with Crippen LogP contribution in [-0.2, 0) is 11.3 Å². The molecule has 2 aromatic rings. The molecule has 1 aliphatic rings. The lowest BCUT2D eigenvalue weighted by Crippen LogP contribution is -2.41. The minimum Gasteiger partial charge on any atom is -0.356 e. The van der Waals surface area contributed by atoms with E-state index in [-0.39, 0.29) is 11.8 Å². The fourth-order valence-corrected chi connectivity index (χ4v) is 3.15. The smallest absolute Gasteiger partial charge is 0.241 e. The number of benzene rings is 1. The third kappa shape index (κ3) is 5.05. The zero-order valence-corrected chi connectivity index (χ0v) is 16.0. The highest BCUT2D eigenvalue weighted by Gasteiger charge is 2.25. The highest BCUT2D eigenvalue weighted by atomic mass is 35.5. The van der Waals surface area contributed by atoms with Crippen molar-refractivity contribution >= 4 is 17.5 Å². The highest BCUT2D eigenvalue weighted by molar-refractivity contribution is 6.30. The second-order valence-electron chi connectivity index (χ2n) is 7.21. The fourth-order valence-electron chi connectivity index (χ4n) is 3.03. The number of likely N-dealkylation sites (tertiary alicyclic amines) is 1. The summed E-state index contributed by atoms with van der Waals surface area (Å²) in [5.41, 5.74) is 0.880. The number of hydrogen-bond acceptors (Lipinski definition) is 5. The maximum Gasteiger partial charge on any atom is 0.241 e. The van der Waals surface area contributed by atoms with Crippen LogP contribution in [0.1, 0.15) is 32.6 Å². The summed E-state index contributed by atoms with van der Waals surface area (Å²) in [6, 6.07) is 7.36. The van der Waals surface area contributed by atoms with Gasteiger partial charge in [0.2, 0.25) is 17.6 Å². The van der Waals surface area contributed by atoms with Crippen molar-refractivity contribution in [2.75, 3.05) is 19.6 Å². The van der Waals surface area contributed by atoms with E-state index in [4.69, 9.17) is 16.1 Å². The first-order chi connectivity index (χ1) is 12.5. The Kier molecular flexibility index (Phi) is 6.27. The topological polar surface area (TPSA) is 71.3 Å². The molecule has 0 unspecified atom stereocenters. The van der Waals surface area contributed by atoms with Crippen LogP contribution in [0.25, 0.3) is 11.4 Å². The Morgan fingerprint density at radius 3 is 2.65 bits per heavy atom. The third-order valence-corrected chi connectivity index (χ3v) is 4.82. The zero-order chi connectivity index (χ0) is 18.5. The normalized spacial score (nSPS) is 16.2. The predicted molar refractivity (Wildman–Crippen MR) is 101 cm³/mol. The zero-order valence-electron chi connectivity index (χ0n) is 15.2. The molecule has 1 saturated heterocycles. The van der Waals surface area contributed by atoms with Gasteiger partial charge in [0.25, 0.3) is 0 Å². The molecule has 6 nitrogen and oxygen atoms in total. The lowest BCUT2D eigenvalue weighted by Gasteiger charge is -2.30. The Labute approximate surface area is 158 Å². The van der Waals surface area contributed by atoms with Crippen molar-refractivity contribution in [3.8, 4) is 11.4 Å². The number of halogens is 1. The molecule has 0 bridgehead atoms. The van der Waals surface area contributed by atoms with Gasteiger partial charge in [0, 0.05) is 23.0 Å². The first kappa shape index (κ1) is 18.9. The Bertz CT molecular complexity index is 721. The molecule has 7 heteroatoms. The molecule has 1 N–H and O–H groups in total. The van der Waals surface area contributed by atoms with Gasteiger partial charge in [0.15, 0.2) is 0 Å². The van der Waals surface area contributed by atoms with Gasteiger partial charge in [-0.15, -0.1) is 0 Å². The number of nitrogens with one attached hydrogen (secondary N) is 1. The van der Waals surface area contributed by atoms with Crippen molar-refractivity contribution in [3.63, 3.8) is 0 Å². The molecule has 0 aliphatic carbocycles. The van der Waals surface area contributed by atoms with Gasteiger partial charge in [-0.3, -0.25) is 9.69 Å². The molecule has 1 amide bonds. The van der Waals surface area contributed by atoms with Crippen LogP contribution in [0, 0.1) is 11.8 Å². The maximum atomic E-state index is 12.2. The molecular formula is C19H25ClN4O2. The molecule has 2 heterocycles. The SMILES string of the molecule is CC(C)CNC(=O)C1CCN(Cc2nc(-c3ccc(Cl)cc3)no2)CC1. The average Bonchev–Trinajstić information content (AvgIpc) is 3.09. The molecule has 1 aromatic heterocycles. The van der Waals surface area contributed by atoms with E-state index >= 15 is 0 Å². The van der Waals surface area contributed by atoms with Gasteiger partial charge in [0.05, 0.1) is 6.54 Å². The molecule has 0 saturated carbocycles. The van der Waals surface area contributed by atoms with Crippen molar-refractivity contribution in [2.45, 2.75) is 33.2 Å². The van der Waals surface area contributed by atoms with Gasteiger partial charge in [-0.05, 0) is 56.1 Å². The number of carbonyl (C=O) groups excluding carboxylic acids is 1. The van der Waals surface area contributed by atoms with Gasteiger partial charge < -0.3 is 9.84 Å². The molecule has 1 fully saturated rings. The molecule has 140 valence electrons. The Morgan fingerprint density at radius 1 is 1.31 bits per heavy atom. The Morgan fingerprint density at radius 2 is 2.00 bits per heavy atom. The van der Waals surface area contributed by atoms with E-state index in [2.05, 4.69) is 34.2 Å². The van der Waals surface area contributed by atoms with Crippen LogP contribution in [0.15, 0.2) is 28.8 Å². The molecule has 3 rings (SSSR count). The molecule has 1 aliphatic heterocycles. The summed E-state index contributed by atoms with van der Waals surface area (Å²) in [4.78, 5) is 18.9. The predicted octanol–water partition coefficient (Wildman–Crippen LogP) is 3.37. The summed E-state index contributed by atoms with van der Waals surface area (Å²) >= 11 is 5.90. The number of carbonyl (C=O) groups is 1. The summed E-state index contributed by atoms with van der Waals surface area (Å²) < 4.78 is 5.38. The molecule has 26 heavy (non-hydrogen) atoms. The van der Waals surface area contributed by atoms with Crippen LogP contribution in [0.3, 0.4) is 0 Å². The molecule has 0 radical (unpaired) electrons. The average molecular weight is 377 g/mol. The third-order valence-electron chi connectivity index (χ3n) is 4.57. The number of nitrogens with zero attached hydrogens (tertiary/aromatic N) is 3. The lowest BCUT2D eigenvalue weighted by molar-refractivity contribution is -0.126. The summed E-state index contributed by atoms with van der Waals surface area (Å²) in [7, 11) is 0. The van der Waals surface area contributed by atoms with Crippen molar-refractivity contribution < 1.29 is 9.32 Å². The number of amides is 1. The van der Waals surface area contributed by atoms with Crippen molar-refractivity contribution in [1.82, 2.24) is 20.4 Å². The molecular weight excluding hydrogens is 352 g/mol. The van der Waals surface area contributed by atoms with Crippen molar-refractivity contribution in [1.29, 1.82) is 0 Å². The van der Waals surface area contributed by atoms with Crippen molar-refractivity contribution in [2.24, 2.45) is 11.8 Å². The monoisotopic (exact) mass is 376 g/mol. The van der Waals surface area contributed by atoms with E-state index in [0.717, 1.165) is 38.0 Å². The largest absolute Gasteiger partial charge is 0.356 e. The molecule has 0 spiro atoms. The first-order valence-electron chi connectivity index (χ1n) is 9.10. The van der Waals surface area contributed by atoms with E-state index in [1.54, 1.807) is 0 Å². The quantitative estimate of drug-likeness (QED) is 0.836. The van der Waals surface area contributed by atoms with Gasteiger partial charge in [-0.1, -0.05) is 30.6 Å². The maximum absolute atomic E-state index is 12.2. The van der Waals surface area contributed by atoms with Crippen LogP contribution in [0.5, 0.6) is 0 Å². The van der Waals surface area contributed by atoms with Crippen LogP contribution in [0.4, 0.5) is 0 Å². The second-order valence-corrected chi connectivity index (χ2v) is 7.64. The highest BCUT2D eigenvalue weighted by Crippen LogP contribution is 2.21. The Hall–Kier alpha value is -1.92. The number of aromatic nitrogens is 2. The number of piperidine rings is 1. The van der Waals surface area contributed by atoms with E-state index in [1.165, 1.54) is 0 Å². The van der Waals surface area contributed by atoms with E-state index < -0.39 is 0 Å². The minimum absolute atomic E-state index is 0.109. The van der Waals surface area contributed by atoms with Crippen LogP contribution < -0.4 is 5.32 Å².